The molecule has 4 heteroatoms. The Bertz CT molecular complexity index is 4190. The molecule has 270 valence electrons. The maximum absolute atomic E-state index is 17.3. The summed E-state index contributed by atoms with van der Waals surface area (Å²) in [5.41, 5.74) is -4.13. The zero-order valence-electron chi connectivity index (χ0n) is 55.0. The van der Waals surface area contributed by atoms with Crippen LogP contribution >= 0.6 is 14.3 Å². The van der Waals surface area contributed by atoms with Crippen LogP contribution in [0.25, 0.3) is 33.0 Å². The van der Waals surface area contributed by atoms with Crippen molar-refractivity contribution in [2.24, 2.45) is 0 Å². The Balaban J connectivity index is 1.44. The molecule has 9 aromatic carbocycles. The van der Waals surface area contributed by atoms with E-state index in [1.54, 1.807) is 42.5 Å². The maximum atomic E-state index is 17.3. The summed E-state index contributed by atoms with van der Waals surface area (Å²) in [5.74, 6) is 0. The third-order valence-electron chi connectivity index (χ3n) is 10.4. The number of fused-ring (bicyclic) bond motifs is 12. The first-order chi connectivity index (χ1) is 38.8. The number of hydrogen-bond donors (Lipinski definition) is 0. The molecule has 0 saturated carbocycles. The zero-order valence-corrected chi connectivity index (χ0v) is 30.8. The molecule has 0 atom stereocenters. The van der Waals surface area contributed by atoms with Crippen LogP contribution in [0.5, 0.6) is 0 Å². The summed E-state index contributed by atoms with van der Waals surface area (Å²) >= 11 is 0. The quantitative estimate of drug-likeness (QED) is 0.157. The van der Waals surface area contributed by atoms with E-state index < -0.39 is 231 Å². The van der Waals surface area contributed by atoms with Gasteiger partial charge in [0.05, 0.1) is 41.1 Å². The van der Waals surface area contributed by atoms with Crippen molar-refractivity contribution in [2.45, 2.75) is 5.41 Å². The SMILES string of the molecule is [2H]c1c([2H])c([2H])c(P(=O)(c2c([2H])c([2H])c([2H])c([2H])c2[2H])c2c([2H])c([2H])c3c(c2[2H])C2(c4ccccc4-c4c2ccc2ccccc42)c2c([2H])c(P(=O)(c4c([2H])c([2H])c([2H])c([2H])c4[2H])c4c([2H])c([2H])c([2H])c([2H])c4[2H])c([2H])c([2H])c2-3)c([2H])c1[2H]. The molecule has 2 nitrogen and oxygen atoms in total. The standard InChI is InChI=1S/C53H36O2P2/c54-56(38-18-5-1-6-19-38,39-20-7-2-8-21-39)42-30-32-45-46-33-31-43(57(55,40-22-9-3-10-23-40)41-24-11-4-12-25-41)36-51(46)53(50(45)35-42)48-28-16-15-27-47(48)52-44-26-14-13-17-37(44)29-34-49(52)53/h1-36H/i1D,2D,3D,4D,5D,6D,7D,8D,9D,10D,11D,12D,18D,19D,20D,21D,22D,23D,24D,25D,30D,31D,32D,33D,35D,36D. The fourth-order valence-corrected chi connectivity index (χ4v) is 12.0. The molecule has 0 aliphatic heterocycles. The monoisotopic (exact) mass is 792 g/mol. The number of hydrogen-bond acceptors (Lipinski definition) is 2. The van der Waals surface area contributed by atoms with E-state index in [2.05, 4.69) is 0 Å². The van der Waals surface area contributed by atoms with Gasteiger partial charge in [-0.1, -0.05) is 206 Å². The minimum atomic E-state index is -6.02. The van der Waals surface area contributed by atoms with E-state index in [1.165, 1.54) is 18.2 Å². The molecule has 0 radical (unpaired) electrons. The molecule has 2 aliphatic carbocycles. The van der Waals surface area contributed by atoms with Crippen molar-refractivity contribution < 1.29 is 44.8 Å². The molecule has 57 heavy (non-hydrogen) atoms. The Labute approximate surface area is 369 Å². The molecule has 0 aromatic heterocycles. The first-order valence-corrected chi connectivity index (χ1v) is 20.7. The second kappa shape index (κ2) is 12.9. The Morgan fingerprint density at radius 2 is 0.807 bits per heavy atom. The first kappa shape index (κ1) is 16.7. The van der Waals surface area contributed by atoms with E-state index in [0.29, 0.717) is 21.9 Å². The van der Waals surface area contributed by atoms with Gasteiger partial charge >= 0.3 is 0 Å². The van der Waals surface area contributed by atoms with E-state index >= 15 is 9.13 Å². The summed E-state index contributed by atoms with van der Waals surface area (Å²) in [4.78, 5) is 0. The third kappa shape index (κ3) is 4.73. The summed E-state index contributed by atoms with van der Waals surface area (Å²) in [7, 11) is -12.0. The first-order valence-electron chi connectivity index (χ1n) is 30.3. The van der Waals surface area contributed by atoms with Crippen LogP contribution < -0.4 is 31.8 Å². The fraction of sp³-hybridized carbons (Fsp3) is 0.0189. The zero-order chi connectivity index (χ0) is 60.8. The molecule has 0 amide bonds. The minimum Gasteiger partial charge on any atom is -0.309 e. The van der Waals surface area contributed by atoms with E-state index in [-0.39, 0.29) is 11.1 Å². The molecule has 11 rings (SSSR count). The molecule has 0 heterocycles. The second-order valence-electron chi connectivity index (χ2n) is 13.1. The van der Waals surface area contributed by atoms with E-state index in [1.807, 2.05) is 0 Å². The molecule has 0 N–H and O–H groups in total. The van der Waals surface area contributed by atoms with Crippen molar-refractivity contribution in [1.82, 2.24) is 0 Å². The van der Waals surface area contributed by atoms with Gasteiger partial charge in [0.1, 0.15) is 0 Å². The molecule has 9 aromatic rings. The van der Waals surface area contributed by atoms with Gasteiger partial charge in [0.25, 0.3) is 0 Å². The molecule has 0 unspecified atom stereocenters. The van der Waals surface area contributed by atoms with Crippen molar-refractivity contribution in [2.75, 3.05) is 0 Å². The van der Waals surface area contributed by atoms with Crippen LogP contribution in [0.1, 0.15) is 57.9 Å². The number of rotatable bonds is 6. The average Bonchev–Trinajstić information content (AvgIpc) is 1.52. The van der Waals surface area contributed by atoms with Crippen LogP contribution in [0.4, 0.5) is 0 Å². The summed E-state index contributed by atoms with van der Waals surface area (Å²) in [6.45, 7) is 0. The highest BCUT2D eigenvalue weighted by Gasteiger charge is 2.53. The van der Waals surface area contributed by atoms with Gasteiger partial charge in [-0.3, -0.25) is 0 Å². The van der Waals surface area contributed by atoms with Crippen molar-refractivity contribution >= 4 is 56.9 Å². The normalized spacial score (nSPS) is 19.9. The van der Waals surface area contributed by atoms with Crippen LogP contribution in [0.15, 0.2) is 218 Å². The highest BCUT2D eigenvalue weighted by molar-refractivity contribution is 7.85. The predicted octanol–water partition coefficient (Wildman–Crippen LogP) is 10.5. The van der Waals surface area contributed by atoms with Gasteiger partial charge in [0.15, 0.2) is 14.3 Å². The summed E-state index contributed by atoms with van der Waals surface area (Å²) in [6.07, 6.45) is 0. The van der Waals surface area contributed by atoms with Gasteiger partial charge in [0.2, 0.25) is 0 Å². The molecule has 2 aliphatic rings. The Morgan fingerprint density at radius 3 is 1.30 bits per heavy atom. The molecular formula is C53H36O2P2. The van der Waals surface area contributed by atoms with Gasteiger partial charge in [-0.15, -0.1) is 0 Å². The van der Waals surface area contributed by atoms with E-state index in [9.17, 15) is 19.2 Å². The Hall–Kier alpha value is -6.30. The predicted molar refractivity (Wildman–Crippen MR) is 239 cm³/mol. The van der Waals surface area contributed by atoms with Crippen LogP contribution in [0.3, 0.4) is 0 Å². The van der Waals surface area contributed by atoms with E-state index in [0.717, 1.165) is 0 Å². The Kier molecular flexibility index (Phi) is 3.76. The van der Waals surface area contributed by atoms with Gasteiger partial charge < -0.3 is 9.13 Å². The van der Waals surface area contributed by atoms with Crippen LogP contribution in [0, 0.1) is 0 Å². The largest absolute Gasteiger partial charge is 0.309 e. The van der Waals surface area contributed by atoms with Gasteiger partial charge in [-0.25, -0.2) is 0 Å². The Morgan fingerprint density at radius 1 is 0.368 bits per heavy atom. The van der Waals surface area contributed by atoms with Crippen LogP contribution in [0.2, 0.25) is 0 Å². The van der Waals surface area contributed by atoms with Crippen molar-refractivity contribution in [3.8, 4) is 22.3 Å². The minimum absolute atomic E-state index is 0.0559. The molecule has 0 saturated heterocycles. The average molecular weight is 793 g/mol. The van der Waals surface area contributed by atoms with Gasteiger partial charge in [0, 0.05) is 31.8 Å². The molecule has 0 fully saturated rings. The molecular weight excluding hydrogens is 731 g/mol. The summed E-state index contributed by atoms with van der Waals surface area (Å²) in [5, 5.41) is -6.29. The lowest BCUT2D eigenvalue weighted by atomic mass is 9.70. The summed E-state index contributed by atoms with van der Waals surface area (Å²) in [6, 6.07) is -14.0. The van der Waals surface area contributed by atoms with Crippen molar-refractivity contribution in [1.29, 1.82) is 0 Å². The van der Waals surface area contributed by atoms with Crippen molar-refractivity contribution in [3.63, 3.8) is 0 Å². The molecule has 0 bridgehead atoms. The fourth-order valence-electron chi connectivity index (χ4n) is 8.03. The van der Waals surface area contributed by atoms with Crippen LogP contribution in [-0.4, -0.2) is 0 Å². The highest BCUT2D eigenvalue weighted by Crippen LogP contribution is 2.64. The third-order valence-corrected chi connectivity index (χ3v) is 15.5. The summed E-state index contributed by atoms with van der Waals surface area (Å²) < 4.78 is 273. The lowest BCUT2D eigenvalue weighted by molar-refractivity contribution is 0.591. The maximum Gasteiger partial charge on any atom is 0.171 e. The lowest BCUT2D eigenvalue weighted by Crippen LogP contribution is -2.31. The molecule has 1 spiro atoms. The lowest BCUT2D eigenvalue weighted by Gasteiger charge is -2.32. The highest BCUT2D eigenvalue weighted by atomic mass is 31.2. The van der Waals surface area contributed by atoms with E-state index in [4.69, 9.17) is 16.4 Å². The topological polar surface area (TPSA) is 34.1 Å². The van der Waals surface area contributed by atoms with Crippen LogP contribution in [-0.2, 0) is 14.5 Å². The number of benzene rings is 9. The van der Waals surface area contributed by atoms with Crippen molar-refractivity contribution in [3.05, 3.63) is 240 Å². The smallest absolute Gasteiger partial charge is 0.171 e. The second-order valence-corrected chi connectivity index (χ2v) is 18.2. The van der Waals surface area contributed by atoms with Gasteiger partial charge in [-0.2, -0.15) is 0 Å². The van der Waals surface area contributed by atoms with Gasteiger partial charge in [-0.05, 0) is 67.4 Å².